The molecule has 0 saturated heterocycles. The molecule has 0 fully saturated rings. The molecule has 0 spiro atoms. The highest BCUT2D eigenvalue weighted by atomic mass is 32.2. The first-order valence-corrected chi connectivity index (χ1v) is 6.63. The fraction of sp³-hybridized carbons (Fsp3) is 0.143. The molecule has 0 aliphatic carbocycles. The van der Waals surface area contributed by atoms with E-state index in [9.17, 15) is 17.7 Å². The van der Waals surface area contributed by atoms with Gasteiger partial charge in [-0.05, 0) is 36.2 Å². The molecular formula is C7H9F3N3OPS. The number of benzene rings is 1. The van der Waals surface area contributed by atoms with E-state index < -0.39 is 19.3 Å². The van der Waals surface area contributed by atoms with Gasteiger partial charge in [0.2, 0.25) is 0 Å². The van der Waals surface area contributed by atoms with Gasteiger partial charge >= 0.3 is 6.18 Å². The summed E-state index contributed by atoms with van der Waals surface area (Å²) in [5, 5.41) is 0. The van der Waals surface area contributed by atoms with Gasteiger partial charge in [-0.25, -0.2) is 0 Å². The monoisotopic (exact) mass is 271 g/mol. The summed E-state index contributed by atoms with van der Waals surface area (Å²) >= 11 is 0.816. The van der Waals surface area contributed by atoms with Crippen LogP contribution in [0.3, 0.4) is 0 Å². The molecule has 1 rings (SSSR count). The van der Waals surface area contributed by atoms with E-state index in [1.165, 1.54) is 12.1 Å². The number of hydrogen-bond donors (Lipinski definition) is 3. The van der Waals surface area contributed by atoms with Crippen LogP contribution in [-0.4, -0.2) is 0 Å². The Morgan fingerprint density at radius 1 is 1.19 bits per heavy atom. The molecule has 9 heteroatoms. The second-order valence-corrected chi connectivity index (χ2v) is 5.75. The van der Waals surface area contributed by atoms with Crippen molar-refractivity contribution in [3.8, 4) is 0 Å². The van der Waals surface area contributed by atoms with Gasteiger partial charge in [0.05, 0.1) is 5.56 Å². The zero-order chi connectivity index (χ0) is 12.4. The van der Waals surface area contributed by atoms with Crippen LogP contribution in [0.25, 0.3) is 0 Å². The van der Waals surface area contributed by atoms with Crippen molar-refractivity contribution in [2.45, 2.75) is 11.1 Å². The van der Waals surface area contributed by atoms with E-state index in [0.717, 1.165) is 24.1 Å². The van der Waals surface area contributed by atoms with E-state index in [2.05, 4.69) is 4.49 Å². The van der Waals surface area contributed by atoms with E-state index in [4.69, 9.17) is 11.0 Å². The first kappa shape index (κ1) is 13.5. The third-order valence-electron chi connectivity index (χ3n) is 1.49. The summed E-state index contributed by atoms with van der Waals surface area (Å²) in [6.07, 6.45) is -4.37. The lowest BCUT2D eigenvalue weighted by Crippen LogP contribution is -2.15. The molecule has 0 unspecified atom stereocenters. The van der Waals surface area contributed by atoms with Crippen molar-refractivity contribution in [3.63, 3.8) is 0 Å². The molecule has 4 nitrogen and oxygen atoms in total. The van der Waals surface area contributed by atoms with Gasteiger partial charge in [-0.3, -0.25) is 15.6 Å². The molecule has 0 atom stereocenters. The van der Waals surface area contributed by atoms with Crippen molar-refractivity contribution in [2.24, 2.45) is 11.0 Å². The molecule has 0 saturated carbocycles. The number of nitrogens with two attached hydrogens (primary N) is 2. The van der Waals surface area contributed by atoms with Gasteiger partial charge in [0.1, 0.15) is 0 Å². The third kappa shape index (κ3) is 4.54. The maximum absolute atomic E-state index is 12.2. The number of hydrogen-bond acceptors (Lipinski definition) is 2. The Bertz CT molecular complexity index is 402. The Kier molecular flexibility index (Phi) is 4.03. The van der Waals surface area contributed by atoms with Crippen LogP contribution < -0.4 is 15.5 Å². The molecule has 0 aliphatic heterocycles. The lowest BCUT2D eigenvalue weighted by molar-refractivity contribution is -0.137. The van der Waals surface area contributed by atoms with E-state index >= 15 is 0 Å². The predicted molar refractivity (Wildman–Crippen MR) is 56.4 cm³/mol. The summed E-state index contributed by atoms with van der Waals surface area (Å²) < 4.78 is 49.7. The van der Waals surface area contributed by atoms with Crippen molar-refractivity contribution >= 4 is 19.5 Å². The smallest absolute Gasteiger partial charge is 0.271 e. The molecule has 1 aromatic rings. The maximum atomic E-state index is 12.2. The highest BCUT2D eigenvalue weighted by molar-refractivity contribution is 8.02. The largest absolute Gasteiger partial charge is 0.416 e. The van der Waals surface area contributed by atoms with E-state index in [0.29, 0.717) is 4.90 Å². The molecule has 1 aromatic carbocycles. The molecule has 90 valence electrons. The number of nitrogens with one attached hydrogen (secondary N) is 1. The average Bonchev–Trinajstić information content (AvgIpc) is 2.13. The van der Waals surface area contributed by atoms with Crippen LogP contribution in [0.15, 0.2) is 29.2 Å². The zero-order valence-corrected chi connectivity index (χ0v) is 9.57. The standard InChI is InChI=1S/C7H9F3N3OPS/c8-7(9,10)5-1-3-6(4-2-5)16-13-15(11,12)14/h1-4H,(H5,11,12,13,14). The SMILES string of the molecule is NP(N)(=O)NSc1ccc(C(F)(F)F)cc1. The fourth-order valence-corrected chi connectivity index (χ4v) is 2.10. The molecule has 0 heterocycles. The highest BCUT2D eigenvalue weighted by Gasteiger charge is 2.29. The Morgan fingerprint density at radius 3 is 2.06 bits per heavy atom. The van der Waals surface area contributed by atoms with Gasteiger partial charge in [-0.15, -0.1) is 0 Å². The maximum Gasteiger partial charge on any atom is 0.416 e. The Morgan fingerprint density at radius 2 is 1.69 bits per heavy atom. The van der Waals surface area contributed by atoms with Crippen molar-refractivity contribution in [1.29, 1.82) is 0 Å². The van der Waals surface area contributed by atoms with Crippen LogP contribution in [0.4, 0.5) is 13.2 Å². The van der Waals surface area contributed by atoms with Crippen LogP contribution in [0.5, 0.6) is 0 Å². The Hall–Kier alpha value is -0.530. The van der Waals surface area contributed by atoms with Gasteiger partial charge in [0, 0.05) is 4.90 Å². The van der Waals surface area contributed by atoms with E-state index in [1.54, 1.807) is 0 Å². The second-order valence-electron chi connectivity index (χ2n) is 2.92. The molecule has 0 aliphatic rings. The van der Waals surface area contributed by atoms with Crippen molar-refractivity contribution in [2.75, 3.05) is 0 Å². The lowest BCUT2D eigenvalue weighted by Gasteiger charge is -2.09. The minimum Gasteiger partial charge on any atom is -0.271 e. The number of halogens is 3. The van der Waals surface area contributed by atoms with E-state index in [1.807, 2.05) is 0 Å². The molecule has 0 radical (unpaired) electrons. The molecular weight excluding hydrogens is 262 g/mol. The van der Waals surface area contributed by atoms with Crippen molar-refractivity contribution < 1.29 is 17.7 Å². The lowest BCUT2D eigenvalue weighted by atomic mass is 10.2. The summed E-state index contributed by atoms with van der Waals surface area (Å²) in [5.41, 5.74) is 9.26. The van der Waals surface area contributed by atoms with Gasteiger partial charge in [-0.2, -0.15) is 17.7 Å². The Labute approximate surface area is 94.2 Å². The Balaban J connectivity index is 2.69. The quantitative estimate of drug-likeness (QED) is 0.580. The topological polar surface area (TPSA) is 81.1 Å². The second kappa shape index (κ2) is 4.77. The molecule has 0 bridgehead atoms. The van der Waals surface area contributed by atoms with Crippen LogP contribution in [0.1, 0.15) is 5.56 Å². The fourth-order valence-electron chi connectivity index (χ4n) is 0.836. The summed E-state index contributed by atoms with van der Waals surface area (Å²) in [6, 6.07) is 4.30. The van der Waals surface area contributed by atoms with Crippen LogP contribution in [-0.2, 0) is 10.7 Å². The molecule has 0 aromatic heterocycles. The van der Waals surface area contributed by atoms with Gasteiger partial charge in [0.25, 0.3) is 7.59 Å². The minimum atomic E-state index is -4.37. The third-order valence-corrected chi connectivity index (χ3v) is 3.50. The highest BCUT2D eigenvalue weighted by Crippen LogP contribution is 2.32. The zero-order valence-electron chi connectivity index (χ0n) is 7.86. The van der Waals surface area contributed by atoms with Crippen LogP contribution in [0.2, 0.25) is 0 Å². The molecule has 5 N–H and O–H groups in total. The predicted octanol–water partition coefficient (Wildman–Crippen LogP) is 2.33. The van der Waals surface area contributed by atoms with Gasteiger partial charge in [0.15, 0.2) is 0 Å². The van der Waals surface area contributed by atoms with Crippen LogP contribution >= 0.6 is 19.5 Å². The summed E-state index contributed by atoms with van der Waals surface area (Å²) in [7, 11) is -3.38. The van der Waals surface area contributed by atoms with Crippen molar-refractivity contribution in [3.05, 3.63) is 29.8 Å². The number of rotatable bonds is 3. The van der Waals surface area contributed by atoms with Crippen LogP contribution in [0, 0.1) is 0 Å². The van der Waals surface area contributed by atoms with Gasteiger partial charge < -0.3 is 0 Å². The molecule has 16 heavy (non-hydrogen) atoms. The number of alkyl halides is 3. The summed E-state index contributed by atoms with van der Waals surface area (Å²) in [6.45, 7) is 0. The first-order valence-electron chi connectivity index (χ1n) is 3.97. The summed E-state index contributed by atoms with van der Waals surface area (Å²) in [4.78, 5) is 0.434. The average molecular weight is 271 g/mol. The van der Waals surface area contributed by atoms with Crippen molar-refractivity contribution in [1.82, 2.24) is 4.49 Å². The first-order chi connectivity index (χ1) is 7.18. The summed E-state index contributed by atoms with van der Waals surface area (Å²) in [5.74, 6) is 0. The minimum absolute atomic E-state index is 0.434. The van der Waals surface area contributed by atoms with E-state index in [-0.39, 0.29) is 0 Å². The van der Waals surface area contributed by atoms with Gasteiger partial charge in [-0.1, -0.05) is 0 Å². The molecule has 0 amide bonds. The normalized spacial score (nSPS) is 12.8.